The average molecular weight is 250 g/mol. The third-order valence-electron chi connectivity index (χ3n) is 2.18. The molecule has 2 rings (SSSR count). The van der Waals surface area contributed by atoms with Crippen LogP contribution < -0.4 is 0 Å². The third-order valence-corrected chi connectivity index (χ3v) is 3.29. The molecular weight excluding hydrogens is 239 g/mol. The molecule has 0 spiro atoms. The minimum atomic E-state index is -0.289. The van der Waals surface area contributed by atoms with Crippen LogP contribution in [0.5, 0.6) is 0 Å². The number of carbonyl (C=O) groups excluding carboxylic acids is 1. The maximum absolute atomic E-state index is 13.3. The van der Waals surface area contributed by atoms with E-state index in [1.54, 1.807) is 30.3 Å². The summed E-state index contributed by atoms with van der Waals surface area (Å²) >= 11 is 1.21. The second-order valence-electron chi connectivity index (χ2n) is 3.51. The van der Waals surface area contributed by atoms with Crippen molar-refractivity contribution in [2.45, 2.75) is 11.3 Å². The van der Waals surface area contributed by atoms with E-state index in [0.717, 1.165) is 0 Å². The van der Waals surface area contributed by atoms with Crippen LogP contribution >= 0.6 is 11.8 Å². The van der Waals surface area contributed by atoms with Gasteiger partial charge in [0.15, 0.2) is 5.78 Å². The highest BCUT2D eigenvalue weighted by Crippen LogP contribution is 2.21. The van der Waals surface area contributed by atoms with E-state index in [1.807, 2.05) is 0 Å². The molecule has 0 bridgehead atoms. The Morgan fingerprint density at radius 2 is 2.06 bits per heavy atom. The van der Waals surface area contributed by atoms with Gasteiger partial charge in [0, 0.05) is 4.90 Å². The molecule has 0 fully saturated rings. The maximum Gasteiger partial charge on any atom is 0.150 e. The van der Waals surface area contributed by atoms with Crippen LogP contribution in [0.25, 0.3) is 0 Å². The lowest BCUT2D eigenvalue weighted by atomic mass is 10.2. The largest absolute Gasteiger partial charge is 0.469 e. The van der Waals surface area contributed by atoms with Crippen molar-refractivity contribution >= 4 is 17.5 Å². The summed E-state index contributed by atoms with van der Waals surface area (Å²) in [6, 6.07) is 9.93. The fraction of sp³-hybridized carbons (Fsp3) is 0.154. The molecule has 0 atom stereocenters. The summed E-state index contributed by atoms with van der Waals surface area (Å²) in [6.07, 6.45) is 1.79. The van der Waals surface area contributed by atoms with Crippen molar-refractivity contribution < 1.29 is 13.6 Å². The molecule has 0 saturated heterocycles. The predicted molar refractivity (Wildman–Crippen MR) is 64.5 cm³/mol. The Hall–Kier alpha value is -1.55. The molecule has 1 heterocycles. The van der Waals surface area contributed by atoms with E-state index in [0.29, 0.717) is 10.7 Å². The van der Waals surface area contributed by atoms with E-state index in [9.17, 15) is 9.18 Å². The number of halogens is 1. The lowest BCUT2D eigenvalue weighted by Crippen LogP contribution is -2.05. The van der Waals surface area contributed by atoms with Gasteiger partial charge in [-0.15, -0.1) is 11.8 Å². The number of ketones is 1. The maximum atomic E-state index is 13.3. The zero-order valence-corrected chi connectivity index (χ0v) is 9.87. The molecule has 0 saturated carbocycles. The number of thioether (sulfide) groups is 1. The Balaban J connectivity index is 1.86. The van der Waals surface area contributed by atoms with Crippen LogP contribution in [-0.2, 0) is 11.2 Å². The van der Waals surface area contributed by atoms with Gasteiger partial charge in [0.05, 0.1) is 18.4 Å². The van der Waals surface area contributed by atoms with Crippen LogP contribution in [0.15, 0.2) is 52.0 Å². The molecule has 0 unspecified atom stereocenters. The van der Waals surface area contributed by atoms with Crippen LogP contribution in [0, 0.1) is 5.82 Å². The minimum Gasteiger partial charge on any atom is -0.469 e. The Bertz CT molecular complexity index is 494. The zero-order chi connectivity index (χ0) is 12.1. The fourth-order valence-corrected chi connectivity index (χ4v) is 2.18. The van der Waals surface area contributed by atoms with E-state index < -0.39 is 0 Å². The quantitative estimate of drug-likeness (QED) is 0.762. The van der Waals surface area contributed by atoms with Gasteiger partial charge in [-0.2, -0.15) is 0 Å². The summed E-state index contributed by atoms with van der Waals surface area (Å²) in [7, 11) is 0. The molecule has 0 amide bonds. The van der Waals surface area contributed by atoms with E-state index in [4.69, 9.17) is 4.42 Å². The third kappa shape index (κ3) is 3.46. The van der Waals surface area contributed by atoms with Gasteiger partial charge in [-0.25, -0.2) is 4.39 Å². The zero-order valence-electron chi connectivity index (χ0n) is 9.06. The van der Waals surface area contributed by atoms with Gasteiger partial charge < -0.3 is 4.42 Å². The fourth-order valence-electron chi connectivity index (χ4n) is 1.38. The number of Topliss-reactive ketones (excluding diaryl/α,β-unsaturated/α-hetero) is 1. The molecule has 0 aliphatic rings. The summed E-state index contributed by atoms with van der Waals surface area (Å²) in [5.41, 5.74) is 0. The summed E-state index contributed by atoms with van der Waals surface area (Å²) in [4.78, 5) is 12.1. The molecular formula is C13H11FO2S. The van der Waals surface area contributed by atoms with Gasteiger partial charge in [-0.1, -0.05) is 12.1 Å². The highest BCUT2D eigenvalue weighted by atomic mass is 32.2. The second-order valence-corrected chi connectivity index (χ2v) is 4.53. The number of carbonyl (C=O) groups is 1. The SMILES string of the molecule is O=C(CSc1ccccc1F)Cc1ccco1. The normalized spacial score (nSPS) is 10.4. The molecule has 0 radical (unpaired) electrons. The second kappa shape index (κ2) is 5.68. The van der Waals surface area contributed by atoms with Gasteiger partial charge >= 0.3 is 0 Å². The van der Waals surface area contributed by atoms with Gasteiger partial charge in [-0.3, -0.25) is 4.79 Å². The number of hydrogen-bond acceptors (Lipinski definition) is 3. The van der Waals surface area contributed by atoms with Crippen LogP contribution in [0.4, 0.5) is 4.39 Å². The Kier molecular flexibility index (Phi) is 3.98. The van der Waals surface area contributed by atoms with Gasteiger partial charge in [0.25, 0.3) is 0 Å². The number of furan rings is 1. The van der Waals surface area contributed by atoms with Crippen molar-refractivity contribution in [1.82, 2.24) is 0 Å². The summed E-state index contributed by atoms with van der Waals surface area (Å²) < 4.78 is 18.3. The Morgan fingerprint density at radius 1 is 1.24 bits per heavy atom. The monoisotopic (exact) mass is 250 g/mol. The van der Waals surface area contributed by atoms with Crippen molar-refractivity contribution in [1.29, 1.82) is 0 Å². The number of hydrogen-bond donors (Lipinski definition) is 0. The van der Waals surface area contributed by atoms with Crippen molar-refractivity contribution in [3.05, 3.63) is 54.2 Å². The smallest absolute Gasteiger partial charge is 0.150 e. The Labute approximate surface area is 103 Å². The van der Waals surface area contributed by atoms with E-state index in [-0.39, 0.29) is 23.8 Å². The first-order chi connectivity index (χ1) is 8.25. The number of benzene rings is 1. The first kappa shape index (κ1) is 11.9. The molecule has 88 valence electrons. The molecule has 0 aliphatic heterocycles. The van der Waals surface area contributed by atoms with Crippen molar-refractivity contribution in [3.63, 3.8) is 0 Å². The van der Waals surface area contributed by atoms with Gasteiger partial charge in [0.2, 0.25) is 0 Å². The standard InChI is InChI=1S/C13H11FO2S/c14-12-5-1-2-6-13(12)17-9-10(15)8-11-4-3-7-16-11/h1-7H,8-9H2. The molecule has 17 heavy (non-hydrogen) atoms. The molecule has 1 aromatic carbocycles. The highest BCUT2D eigenvalue weighted by molar-refractivity contribution is 8.00. The average Bonchev–Trinajstić information content (AvgIpc) is 2.81. The van der Waals surface area contributed by atoms with Crippen LogP contribution in [0.3, 0.4) is 0 Å². The van der Waals surface area contributed by atoms with Gasteiger partial charge in [0.1, 0.15) is 11.6 Å². The summed E-state index contributed by atoms with van der Waals surface area (Å²) in [6.45, 7) is 0. The molecule has 2 aromatic rings. The van der Waals surface area contributed by atoms with Crippen LogP contribution in [0.2, 0.25) is 0 Å². The molecule has 1 aromatic heterocycles. The van der Waals surface area contributed by atoms with Gasteiger partial charge in [-0.05, 0) is 24.3 Å². The van der Waals surface area contributed by atoms with Crippen molar-refractivity contribution in [2.75, 3.05) is 5.75 Å². The van der Waals surface area contributed by atoms with Crippen molar-refractivity contribution in [2.24, 2.45) is 0 Å². The van der Waals surface area contributed by atoms with E-state index >= 15 is 0 Å². The molecule has 2 nitrogen and oxygen atoms in total. The van der Waals surface area contributed by atoms with Crippen molar-refractivity contribution in [3.8, 4) is 0 Å². The summed E-state index contributed by atoms with van der Waals surface area (Å²) in [5.74, 6) is 0.627. The first-order valence-electron chi connectivity index (χ1n) is 5.17. The molecule has 4 heteroatoms. The summed E-state index contributed by atoms with van der Waals surface area (Å²) in [5, 5.41) is 0. The van der Waals surface area contributed by atoms with E-state index in [2.05, 4.69) is 0 Å². The molecule has 0 N–H and O–H groups in total. The molecule has 0 aliphatic carbocycles. The van der Waals surface area contributed by atoms with Crippen LogP contribution in [-0.4, -0.2) is 11.5 Å². The lowest BCUT2D eigenvalue weighted by molar-refractivity contribution is -0.116. The predicted octanol–water partition coefficient (Wildman–Crippen LogP) is 3.32. The topological polar surface area (TPSA) is 30.2 Å². The minimum absolute atomic E-state index is 0.0215. The Morgan fingerprint density at radius 3 is 2.76 bits per heavy atom. The first-order valence-corrected chi connectivity index (χ1v) is 6.15. The lowest BCUT2D eigenvalue weighted by Gasteiger charge is -2.01. The van der Waals surface area contributed by atoms with E-state index in [1.165, 1.54) is 24.1 Å². The van der Waals surface area contributed by atoms with Crippen LogP contribution in [0.1, 0.15) is 5.76 Å². The number of rotatable bonds is 5. The highest BCUT2D eigenvalue weighted by Gasteiger charge is 2.08.